The Morgan fingerprint density at radius 2 is 1.92 bits per heavy atom. The van der Waals surface area contributed by atoms with Crippen LogP contribution < -0.4 is 0 Å². The van der Waals surface area contributed by atoms with Gasteiger partial charge in [-0.1, -0.05) is 0 Å². The summed E-state index contributed by atoms with van der Waals surface area (Å²) >= 11 is 0.269. The van der Waals surface area contributed by atoms with Crippen molar-refractivity contribution in [2.45, 2.75) is 48.0 Å². The first kappa shape index (κ1) is 13.3. The van der Waals surface area contributed by atoms with Crippen LogP contribution in [0.15, 0.2) is 0 Å². The third-order valence-electron chi connectivity index (χ3n) is 1.79. The van der Waals surface area contributed by atoms with Crippen molar-refractivity contribution < 1.29 is 9.53 Å². The van der Waals surface area contributed by atoms with E-state index in [0.29, 0.717) is 6.42 Å². The van der Waals surface area contributed by atoms with Gasteiger partial charge in [0.15, 0.2) is 0 Å². The molecule has 0 fully saturated rings. The summed E-state index contributed by atoms with van der Waals surface area (Å²) in [5, 5.41) is 0. The van der Waals surface area contributed by atoms with E-state index in [1.165, 1.54) is 35.3 Å². The van der Waals surface area contributed by atoms with E-state index in [2.05, 4.69) is 11.7 Å². The number of methoxy groups -OCH3 is 1. The van der Waals surface area contributed by atoms with Crippen LogP contribution in [0.3, 0.4) is 0 Å². The zero-order chi connectivity index (χ0) is 9.94. The van der Waals surface area contributed by atoms with Gasteiger partial charge in [0.25, 0.3) is 0 Å². The molecule has 0 amide bonds. The first-order valence-electron chi connectivity index (χ1n) is 4.95. The number of hydrogen-bond donors (Lipinski definition) is 0. The van der Waals surface area contributed by atoms with E-state index in [1.807, 2.05) is 0 Å². The van der Waals surface area contributed by atoms with E-state index < -0.39 is 0 Å². The molecule has 0 aliphatic heterocycles. The Morgan fingerprint density at radius 3 is 2.54 bits per heavy atom. The SMILES string of the molecule is CCCC[Te]CCCCC(=O)OC. The fourth-order valence-electron chi connectivity index (χ4n) is 0.924. The number of unbranched alkanes of at least 4 members (excludes halogenated alkanes) is 2. The monoisotopic (exact) mass is 302 g/mol. The minimum atomic E-state index is -0.0610. The molecule has 0 aromatic carbocycles. The Labute approximate surface area is 91.5 Å². The number of hydrogen-bond acceptors (Lipinski definition) is 2. The van der Waals surface area contributed by atoms with Crippen LogP contribution in [0.2, 0.25) is 8.94 Å². The van der Waals surface area contributed by atoms with Crippen molar-refractivity contribution >= 4 is 26.9 Å². The first-order chi connectivity index (χ1) is 6.31. The van der Waals surface area contributed by atoms with Crippen LogP contribution in [0.4, 0.5) is 0 Å². The molecule has 0 radical (unpaired) electrons. The Balaban J connectivity index is 2.95. The Bertz CT molecular complexity index is 126. The second kappa shape index (κ2) is 10.3. The van der Waals surface area contributed by atoms with E-state index in [9.17, 15) is 4.79 Å². The molecule has 0 saturated carbocycles. The molecule has 0 heterocycles. The van der Waals surface area contributed by atoms with Crippen molar-refractivity contribution in [3.8, 4) is 0 Å². The van der Waals surface area contributed by atoms with Crippen molar-refractivity contribution in [1.82, 2.24) is 0 Å². The molecule has 0 aromatic heterocycles. The third-order valence-corrected chi connectivity index (χ3v) is 5.09. The van der Waals surface area contributed by atoms with Gasteiger partial charge in [0, 0.05) is 0 Å². The topological polar surface area (TPSA) is 26.3 Å². The molecular weight excluding hydrogens is 280 g/mol. The molecule has 78 valence electrons. The standard InChI is InChI=1S/C10H20O2Te/c1-3-4-8-13-9-6-5-7-10(11)12-2/h3-9H2,1-2H3. The summed E-state index contributed by atoms with van der Waals surface area (Å²) in [5.41, 5.74) is 0. The molecule has 2 nitrogen and oxygen atoms in total. The van der Waals surface area contributed by atoms with E-state index in [-0.39, 0.29) is 26.9 Å². The van der Waals surface area contributed by atoms with Crippen molar-refractivity contribution in [3.63, 3.8) is 0 Å². The maximum absolute atomic E-state index is 10.7. The summed E-state index contributed by atoms with van der Waals surface area (Å²) in [7, 11) is 1.46. The van der Waals surface area contributed by atoms with Crippen LogP contribution in [0, 0.1) is 0 Å². The molecule has 3 heteroatoms. The van der Waals surface area contributed by atoms with Crippen molar-refractivity contribution in [2.24, 2.45) is 0 Å². The van der Waals surface area contributed by atoms with Gasteiger partial charge in [-0.15, -0.1) is 0 Å². The average molecular weight is 300 g/mol. The number of esters is 1. The zero-order valence-corrected chi connectivity index (χ0v) is 11.0. The minimum absolute atomic E-state index is 0.0610. The summed E-state index contributed by atoms with van der Waals surface area (Å²) in [6.45, 7) is 2.24. The van der Waals surface area contributed by atoms with Crippen LogP contribution in [0.5, 0.6) is 0 Å². The Hall–Kier alpha value is 0.260. The number of carbonyl (C=O) groups excluding carboxylic acids is 1. The first-order valence-corrected chi connectivity index (χ1v) is 8.25. The van der Waals surface area contributed by atoms with Crippen molar-refractivity contribution in [1.29, 1.82) is 0 Å². The summed E-state index contributed by atoms with van der Waals surface area (Å²) in [5.74, 6) is -0.0610. The molecule has 0 aromatic rings. The molecular formula is C10H20O2Te. The summed E-state index contributed by atoms with van der Waals surface area (Å²) < 4.78 is 7.43. The summed E-state index contributed by atoms with van der Waals surface area (Å²) in [6.07, 6.45) is 5.58. The zero-order valence-electron chi connectivity index (χ0n) is 8.67. The number of carbonyl (C=O) groups is 1. The van der Waals surface area contributed by atoms with Crippen LogP contribution in [-0.4, -0.2) is 34.0 Å². The second-order valence-electron chi connectivity index (χ2n) is 3.00. The van der Waals surface area contributed by atoms with Crippen molar-refractivity contribution in [2.75, 3.05) is 7.11 Å². The van der Waals surface area contributed by atoms with Gasteiger partial charge >= 0.3 is 91.5 Å². The van der Waals surface area contributed by atoms with Crippen LogP contribution in [0.25, 0.3) is 0 Å². The van der Waals surface area contributed by atoms with Gasteiger partial charge in [-0.3, -0.25) is 0 Å². The molecule has 0 N–H and O–H groups in total. The Morgan fingerprint density at radius 1 is 1.23 bits per heavy atom. The van der Waals surface area contributed by atoms with Gasteiger partial charge < -0.3 is 0 Å². The van der Waals surface area contributed by atoms with E-state index in [1.54, 1.807) is 0 Å². The Kier molecular flexibility index (Phi) is 10.5. The summed E-state index contributed by atoms with van der Waals surface area (Å²) in [6, 6.07) is 0. The fourth-order valence-corrected chi connectivity index (χ4v) is 4.08. The van der Waals surface area contributed by atoms with Crippen LogP contribution >= 0.6 is 0 Å². The average Bonchev–Trinajstić information content (AvgIpc) is 2.16. The van der Waals surface area contributed by atoms with Crippen molar-refractivity contribution in [3.05, 3.63) is 0 Å². The molecule has 13 heavy (non-hydrogen) atoms. The van der Waals surface area contributed by atoms with Gasteiger partial charge in [0.2, 0.25) is 0 Å². The third kappa shape index (κ3) is 10.2. The fraction of sp³-hybridized carbons (Fsp3) is 0.900. The van der Waals surface area contributed by atoms with Gasteiger partial charge in [0.1, 0.15) is 0 Å². The van der Waals surface area contributed by atoms with Gasteiger partial charge in [-0.2, -0.15) is 0 Å². The predicted molar refractivity (Wildman–Crippen MR) is 56.1 cm³/mol. The molecule has 0 bridgehead atoms. The number of rotatable bonds is 8. The maximum atomic E-state index is 10.7. The van der Waals surface area contributed by atoms with Crippen LogP contribution in [0.1, 0.15) is 39.0 Å². The van der Waals surface area contributed by atoms with E-state index >= 15 is 0 Å². The molecule has 0 atom stereocenters. The molecule has 0 aliphatic carbocycles. The quantitative estimate of drug-likeness (QED) is 0.391. The molecule has 0 rings (SSSR count). The van der Waals surface area contributed by atoms with E-state index in [0.717, 1.165) is 6.42 Å². The molecule has 0 aliphatic rings. The second-order valence-corrected chi connectivity index (χ2v) is 6.49. The van der Waals surface area contributed by atoms with Gasteiger partial charge in [0.05, 0.1) is 0 Å². The summed E-state index contributed by atoms with van der Waals surface area (Å²) in [4.78, 5) is 10.7. The molecule has 0 spiro atoms. The van der Waals surface area contributed by atoms with E-state index in [4.69, 9.17) is 0 Å². The molecule has 0 unspecified atom stereocenters. The number of ether oxygens (including phenoxy) is 1. The van der Waals surface area contributed by atoms with Gasteiger partial charge in [-0.05, 0) is 0 Å². The van der Waals surface area contributed by atoms with Crippen LogP contribution in [-0.2, 0) is 9.53 Å². The predicted octanol–water partition coefficient (Wildman–Crippen LogP) is 2.67. The molecule has 0 saturated heterocycles. The van der Waals surface area contributed by atoms with Gasteiger partial charge in [-0.25, -0.2) is 0 Å². The normalized spacial score (nSPS) is 10.0.